The van der Waals surface area contributed by atoms with Crippen molar-refractivity contribution in [1.29, 1.82) is 0 Å². The number of rotatable bonds is 1. The Balaban J connectivity index is 1.98. The minimum absolute atomic E-state index is 0.302. The maximum atomic E-state index is 13.2. The van der Waals surface area contributed by atoms with Crippen LogP contribution in [0.25, 0.3) is 33.5 Å². The van der Waals surface area contributed by atoms with Crippen LogP contribution in [0.3, 0.4) is 0 Å². The number of hydrogen-bond acceptors (Lipinski definition) is 3. The minimum atomic E-state index is -0.302. The number of fused-ring (bicyclic) bond motifs is 2. The number of aromatic amines is 2. The molecular formula is C14H10FN5. The van der Waals surface area contributed by atoms with E-state index >= 15 is 0 Å². The molecule has 4 rings (SSSR count). The molecule has 0 amide bonds. The van der Waals surface area contributed by atoms with Gasteiger partial charge in [0.15, 0.2) is 5.82 Å². The van der Waals surface area contributed by atoms with Gasteiger partial charge < -0.3 is 10.7 Å². The number of nitrogens with one attached hydrogen (secondary N) is 2. The second-order valence-corrected chi connectivity index (χ2v) is 4.62. The van der Waals surface area contributed by atoms with E-state index in [1.54, 1.807) is 12.1 Å². The lowest BCUT2D eigenvalue weighted by atomic mass is 10.2. The Morgan fingerprint density at radius 2 is 1.95 bits per heavy atom. The Hall–Kier alpha value is -2.89. The van der Waals surface area contributed by atoms with Crippen LogP contribution in [0.4, 0.5) is 10.1 Å². The van der Waals surface area contributed by atoms with Gasteiger partial charge in [0.05, 0.1) is 16.6 Å². The molecule has 98 valence electrons. The quantitative estimate of drug-likeness (QED) is 0.464. The minimum Gasteiger partial charge on any atom is -0.399 e. The molecule has 0 aliphatic heterocycles. The van der Waals surface area contributed by atoms with Crippen LogP contribution in [0, 0.1) is 5.82 Å². The average molecular weight is 267 g/mol. The zero-order valence-corrected chi connectivity index (χ0v) is 10.3. The lowest BCUT2D eigenvalue weighted by molar-refractivity contribution is 0.629. The van der Waals surface area contributed by atoms with Crippen molar-refractivity contribution in [2.75, 3.05) is 5.73 Å². The molecule has 0 spiro atoms. The molecule has 0 saturated heterocycles. The van der Waals surface area contributed by atoms with Crippen molar-refractivity contribution in [2.45, 2.75) is 0 Å². The largest absolute Gasteiger partial charge is 0.399 e. The molecule has 4 aromatic rings. The fourth-order valence-corrected chi connectivity index (χ4v) is 2.31. The second kappa shape index (κ2) is 3.80. The third kappa shape index (κ3) is 1.55. The molecule has 6 heteroatoms. The number of nitrogens with two attached hydrogens (primary N) is 1. The number of aromatic nitrogens is 4. The highest BCUT2D eigenvalue weighted by Gasteiger charge is 2.12. The molecule has 0 atom stereocenters. The molecule has 20 heavy (non-hydrogen) atoms. The van der Waals surface area contributed by atoms with E-state index in [2.05, 4.69) is 20.2 Å². The smallest absolute Gasteiger partial charge is 0.159 e. The molecule has 0 unspecified atom stereocenters. The fourth-order valence-electron chi connectivity index (χ4n) is 2.31. The molecule has 0 aliphatic rings. The van der Waals surface area contributed by atoms with E-state index in [0.29, 0.717) is 28.2 Å². The fraction of sp³-hybridized carbons (Fsp3) is 0. The van der Waals surface area contributed by atoms with Crippen LogP contribution in [-0.2, 0) is 0 Å². The van der Waals surface area contributed by atoms with Crippen LogP contribution in [-0.4, -0.2) is 20.2 Å². The first-order valence-corrected chi connectivity index (χ1v) is 6.10. The molecule has 0 bridgehead atoms. The third-order valence-electron chi connectivity index (χ3n) is 3.26. The number of nitrogens with zero attached hydrogens (tertiary/aromatic N) is 2. The number of H-pyrrole nitrogens is 2. The van der Waals surface area contributed by atoms with E-state index < -0.39 is 0 Å². The summed E-state index contributed by atoms with van der Waals surface area (Å²) in [5.41, 5.74) is 9.34. The van der Waals surface area contributed by atoms with Gasteiger partial charge in [-0.05, 0) is 36.4 Å². The van der Waals surface area contributed by atoms with Gasteiger partial charge in [0.25, 0.3) is 0 Å². The van der Waals surface area contributed by atoms with E-state index in [4.69, 9.17) is 5.73 Å². The third-order valence-corrected chi connectivity index (χ3v) is 3.26. The second-order valence-electron chi connectivity index (χ2n) is 4.62. The predicted molar refractivity (Wildman–Crippen MR) is 75.6 cm³/mol. The summed E-state index contributed by atoms with van der Waals surface area (Å²) in [6, 6.07) is 9.93. The van der Waals surface area contributed by atoms with Crippen molar-refractivity contribution < 1.29 is 4.39 Å². The van der Waals surface area contributed by atoms with Gasteiger partial charge in [0, 0.05) is 11.1 Å². The van der Waals surface area contributed by atoms with Crippen LogP contribution in [0.2, 0.25) is 0 Å². The summed E-state index contributed by atoms with van der Waals surface area (Å²) in [7, 11) is 0. The molecule has 2 aromatic heterocycles. The topological polar surface area (TPSA) is 83.4 Å². The Labute approximate surface area is 112 Å². The van der Waals surface area contributed by atoms with Gasteiger partial charge in [0.2, 0.25) is 0 Å². The first-order chi connectivity index (χ1) is 9.70. The Kier molecular flexibility index (Phi) is 2.09. The zero-order valence-electron chi connectivity index (χ0n) is 10.3. The Morgan fingerprint density at radius 3 is 2.85 bits per heavy atom. The van der Waals surface area contributed by atoms with Crippen molar-refractivity contribution in [1.82, 2.24) is 20.2 Å². The highest BCUT2D eigenvalue weighted by atomic mass is 19.1. The van der Waals surface area contributed by atoms with Gasteiger partial charge in [-0.15, -0.1) is 0 Å². The number of hydrogen-bond donors (Lipinski definition) is 3. The SMILES string of the molecule is Nc1ccc2[nH]nc(-c3nc4ccc(F)cc4[nH]3)c2c1. The normalized spacial score (nSPS) is 11.4. The molecule has 2 heterocycles. The molecule has 2 aromatic carbocycles. The summed E-state index contributed by atoms with van der Waals surface area (Å²) in [6.45, 7) is 0. The van der Waals surface area contributed by atoms with Crippen LogP contribution in [0.15, 0.2) is 36.4 Å². The Morgan fingerprint density at radius 1 is 1.05 bits per heavy atom. The zero-order chi connectivity index (χ0) is 13.7. The number of nitrogen functional groups attached to an aromatic ring is 1. The molecular weight excluding hydrogens is 257 g/mol. The average Bonchev–Trinajstić information content (AvgIpc) is 3.00. The first-order valence-electron chi connectivity index (χ1n) is 6.10. The molecule has 5 nitrogen and oxygen atoms in total. The van der Waals surface area contributed by atoms with E-state index in [-0.39, 0.29) is 5.82 Å². The lowest BCUT2D eigenvalue weighted by Crippen LogP contribution is -1.84. The van der Waals surface area contributed by atoms with Crippen molar-refractivity contribution in [3.63, 3.8) is 0 Å². The van der Waals surface area contributed by atoms with Crippen LogP contribution in [0.1, 0.15) is 0 Å². The number of benzene rings is 2. The van der Waals surface area contributed by atoms with Gasteiger partial charge >= 0.3 is 0 Å². The summed E-state index contributed by atoms with van der Waals surface area (Å²) in [6.07, 6.45) is 0. The highest BCUT2D eigenvalue weighted by Crippen LogP contribution is 2.27. The number of halogens is 1. The monoisotopic (exact) mass is 267 g/mol. The van der Waals surface area contributed by atoms with Gasteiger partial charge in [-0.3, -0.25) is 5.10 Å². The van der Waals surface area contributed by atoms with E-state index in [1.807, 2.05) is 12.1 Å². The molecule has 4 N–H and O–H groups in total. The van der Waals surface area contributed by atoms with Crippen molar-refractivity contribution in [2.24, 2.45) is 0 Å². The summed E-state index contributed by atoms with van der Waals surface area (Å²) in [5, 5.41) is 8.07. The maximum absolute atomic E-state index is 13.2. The van der Waals surface area contributed by atoms with Crippen LogP contribution in [0.5, 0.6) is 0 Å². The van der Waals surface area contributed by atoms with Crippen molar-refractivity contribution in [3.8, 4) is 11.5 Å². The van der Waals surface area contributed by atoms with E-state index in [0.717, 1.165) is 10.9 Å². The van der Waals surface area contributed by atoms with Crippen molar-refractivity contribution in [3.05, 3.63) is 42.2 Å². The van der Waals surface area contributed by atoms with Gasteiger partial charge in [0.1, 0.15) is 11.5 Å². The molecule has 0 aliphatic carbocycles. The standard InChI is InChI=1S/C14H10FN5/c15-7-1-3-11-12(5-7)18-14(17-11)13-9-6-8(16)2-4-10(9)19-20-13/h1-6H,16H2,(H,17,18)(H,19,20). The van der Waals surface area contributed by atoms with Crippen LogP contribution >= 0.6 is 0 Å². The van der Waals surface area contributed by atoms with E-state index in [1.165, 1.54) is 12.1 Å². The number of anilines is 1. The summed E-state index contributed by atoms with van der Waals surface area (Å²) < 4.78 is 13.2. The van der Waals surface area contributed by atoms with Gasteiger partial charge in [-0.1, -0.05) is 0 Å². The molecule has 0 fully saturated rings. The van der Waals surface area contributed by atoms with Gasteiger partial charge in [-0.2, -0.15) is 5.10 Å². The van der Waals surface area contributed by atoms with Gasteiger partial charge in [-0.25, -0.2) is 9.37 Å². The van der Waals surface area contributed by atoms with E-state index in [9.17, 15) is 4.39 Å². The maximum Gasteiger partial charge on any atom is 0.159 e. The summed E-state index contributed by atoms with van der Waals surface area (Å²) in [4.78, 5) is 7.51. The molecule has 0 radical (unpaired) electrons. The first kappa shape index (κ1) is 11.0. The highest BCUT2D eigenvalue weighted by molar-refractivity contribution is 5.94. The number of imidazole rings is 1. The van der Waals surface area contributed by atoms with Crippen LogP contribution < -0.4 is 5.73 Å². The summed E-state index contributed by atoms with van der Waals surface area (Å²) >= 11 is 0. The lowest BCUT2D eigenvalue weighted by Gasteiger charge is -1.94. The Bertz CT molecular complexity index is 937. The summed E-state index contributed by atoms with van der Waals surface area (Å²) in [5.74, 6) is 0.284. The van der Waals surface area contributed by atoms with Crippen molar-refractivity contribution >= 4 is 27.6 Å². The molecule has 0 saturated carbocycles. The predicted octanol–water partition coefficient (Wildman–Crippen LogP) is 2.83.